The molecule has 2 nitrogen and oxygen atoms in total. The Balaban J connectivity index is 3.15. The summed E-state index contributed by atoms with van der Waals surface area (Å²) in [4.78, 5) is 13.6. The molecule has 0 unspecified atom stereocenters. The molecule has 1 rings (SSSR count). The molecule has 0 aliphatic heterocycles. The van der Waals surface area contributed by atoms with Gasteiger partial charge in [-0.3, -0.25) is 4.79 Å². The highest BCUT2D eigenvalue weighted by molar-refractivity contribution is 6.29. The van der Waals surface area contributed by atoms with Gasteiger partial charge in [-0.15, -0.1) is 11.6 Å². The molecule has 3 heteroatoms. The number of amides is 1. The Morgan fingerprint density at radius 2 is 2.00 bits per heavy atom. The van der Waals surface area contributed by atoms with Crippen LogP contribution in [0.1, 0.15) is 26.3 Å². The maximum Gasteiger partial charge on any atom is 0.242 e. The third kappa shape index (κ3) is 2.76. The minimum Gasteiger partial charge on any atom is -0.309 e. The van der Waals surface area contributed by atoms with Crippen LogP contribution < -0.4 is 4.90 Å². The summed E-state index contributed by atoms with van der Waals surface area (Å²) in [5.41, 5.74) is 2.15. The van der Waals surface area contributed by atoms with E-state index in [0.29, 0.717) is 0 Å². The first-order valence-corrected chi connectivity index (χ1v) is 6.11. The Labute approximate surface area is 102 Å². The average molecular weight is 240 g/mol. The fraction of sp³-hybridized carbons (Fsp3) is 0.462. The SMILES string of the molecule is CCc1ccccc1N(C(=O)CCl)C(C)C. The summed E-state index contributed by atoms with van der Waals surface area (Å²) in [6, 6.07) is 8.09. The van der Waals surface area contributed by atoms with E-state index in [0.717, 1.165) is 12.1 Å². The van der Waals surface area contributed by atoms with Gasteiger partial charge in [0.05, 0.1) is 0 Å². The summed E-state index contributed by atoms with van der Waals surface area (Å²) < 4.78 is 0. The summed E-state index contributed by atoms with van der Waals surface area (Å²) in [6.07, 6.45) is 0.912. The van der Waals surface area contributed by atoms with E-state index in [1.54, 1.807) is 4.90 Å². The van der Waals surface area contributed by atoms with Crippen LogP contribution in [-0.4, -0.2) is 17.8 Å². The van der Waals surface area contributed by atoms with E-state index in [9.17, 15) is 4.79 Å². The van der Waals surface area contributed by atoms with Gasteiger partial charge in [0.25, 0.3) is 0 Å². The molecule has 0 N–H and O–H groups in total. The predicted molar refractivity (Wildman–Crippen MR) is 69.2 cm³/mol. The lowest BCUT2D eigenvalue weighted by molar-refractivity contribution is -0.116. The van der Waals surface area contributed by atoms with Gasteiger partial charge in [0.1, 0.15) is 5.88 Å². The van der Waals surface area contributed by atoms with Crippen molar-refractivity contribution in [1.29, 1.82) is 0 Å². The van der Waals surface area contributed by atoms with Crippen molar-refractivity contribution in [3.8, 4) is 0 Å². The number of hydrogen-bond acceptors (Lipinski definition) is 1. The van der Waals surface area contributed by atoms with E-state index in [1.165, 1.54) is 5.56 Å². The molecule has 88 valence electrons. The van der Waals surface area contributed by atoms with Gasteiger partial charge in [0, 0.05) is 11.7 Å². The first kappa shape index (κ1) is 13.0. The van der Waals surface area contributed by atoms with E-state index in [1.807, 2.05) is 38.1 Å². The Bertz CT molecular complexity index is 363. The predicted octanol–water partition coefficient (Wildman–Crippen LogP) is 3.23. The first-order chi connectivity index (χ1) is 7.61. The van der Waals surface area contributed by atoms with Gasteiger partial charge in [0.15, 0.2) is 0 Å². The van der Waals surface area contributed by atoms with Crippen molar-refractivity contribution in [2.45, 2.75) is 33.2 Å². The van der Waals surface area contributed by atoms with Gasteiger partial charge in [0.2, 0.25) is 5.91 Å². The zero-order valence-corrected chi connectivity index (χ0v) is 10.8. The van der Waals surface area contributed by atoms with Crippen LogP contribution in [0.3, 0.4) is 0 Å². The number of alkyl halides is 1. The zero-order chi connectivity index (χ0) is 12.1. The van der Waals surface area contributed by atoms with Gasteiger partial charge in [-0.2, -0.15) is 0 Å². The van der Waals surface area contributed by atoms with Crippen LogP contribution in [0.15, 0.2) is 24.3 Å². The van der Waals surface area contributed by atoms with E-state index in [-0.39, 0.29) is 17.8 Å². The largest absolute Gasteiger partial charge is 0.309 e. The summed E-state index contributed by atoms with van der Waals surface area (Å²) >= 11 is 5.65. The first-order valence-electron chi connectivity index (χ1n) is 5.57. The molecular formula is C13H18ClNO. The van der Waals surface area contributed by atoms with Crippen molar-refractivity contribution in [2.75, 3.05) is 10.8 Å². The number of halogens is 1. The van der Waals surface area contributed by atoms with E-state index >= 15 is 0 Å². The van der Waals surface area contributed by atoms with Crippen LogP contribution in [0, 0.1) is 0 Å². The lowest BCUT2D eigenvalue weighted by Gasteiger charge is -2.28. The topological polar surface area (TPSA) is 20.3 Å². The average Bonchev–Trinajstić information content (AvgIpc) is 2.29. The third-order valence-corrected chi connectivity index (χ3v) is 2.76. The van der Waals surface area contributed by atoms with Crippen LogP contribution in [0.2, 0.25) is 0 Å². The standard InChI is InChI=1S/C13H18ClNO/c1-4-11-7-5-6-8-12(11)15(10(2)3)13(16)9-14/h5-8,10H,4,9H2,1-3H3. The number of rotatable bonds is 4. The molecule has 1 amide bonds. The zero-order valence-electron chi connectivity index (χ0n) is 10.0. The van der Waals surface area contributed by atoms with Crippen molar-refractivity contribution in [3.63, 3.8) is 0 Å². The number of hydrogen-bond donors (Lipinski definition) is 0. The molecule has 0 aromatic heterocycles. The maximum absolute atomic E-state index is 11.8. The molecule has 0 radical (unpaired) electrons. The smallest absolute Gasteiger partial charge is 0.242 e. The molecule has 0 heterocycles. The molecule has 0 bridgehead atoms. The lowest BCUT2D eigenvalue weighted by Crippen LogP contribution is -2.38. The number of nitrogens with zero attached hydrogens (tertiary/aromatic N) is 1. The minimum atomic E-state index is -0.0439. The number of benzene rings is 1. The minimum absolute atomic E-state index is 0.0240. The molecule has 1 aromatic carbocycles. The van der Waals surface area contributed by atoms with Crippen molar-refractivity contribution in [3.05, 3.63) is 29.8 Å². The highest BCUT2D eigenvalue weighted by Crippen LogP contribution is 2.23. The second kappa shape index (κ2) is 5.90. The number of para-hydroxylation sites is 1. The normalized spacial score (nSPS) is 10.6. The Morgan fingerprint density at radius 3 is 2.50 bits per heavy atom. The fourth-order valence-electron chi connectivity index (χ4n) is 1.81. The summed E-state index contributed by atoms with van der Waals surface area (Å²) in [7, 11) is 0. The molecule has 1 aromatic rings. The summed E-state index contributed by atoms with van der Waals surface area (Å²) in [5.74, 6) is -0.0199. The molecule has 0 saturated heterocycles. The summed E-state index contributed by atoms with van der Waals surface area (Å²) in [5, 5.41) is 0. The quantitative estimate of drug-likeness (QED) is 0.739. The molecule has 0 aliphatic carbocycles. The van der Waals surface area contributed by atoms with Gasteiger partial charge >= 0.3 is 0 Å². The van der Waals surface area contributed by atoms with Crippen molar-refractivity contribution in [2.24, 2.45) is 0 Å². The van der Waals surface area contributed by atoms with Crippen LogP contribution in [-0.2, 0) is 11.2 Å². The fourth-order valence-corrected chi connectivity index (χ4v) is 1.94. The molecule has 0 atom stereocenters. The van der Waals surface area contributed by atoms with Crippen molar-refractivity contribution in [1.82, 2.24) is 0 Å². The Hall–Kier alpha value is -1.02. The van der Waals surface area contributed by atoms with Gasteiger partial charge in [-0.1, -0.05) is 25.1 Å². The van der Waals surface area contributed by atoms with Crippen molar-refractivity contribution >= 4 is 23.2 Å². The second-order valence-corrected chi connectivity index (χ2v) is 4.24. The van der Waals surface area contributed by atoms with Gasteiger partial charge in [-0.25, -0.2) is 0 Å². The molecule has 16 heavy (non-hydrogen) atoms. The molecule has 0 spiro atoms. The molecule has 0 fully saturated rings. The van der Waals surface area contributed by atoms with Crippen molar-refractivity contribution < 1.29 is 4.79 Å². The van der Waals surface area contributed by atoms with Gasteiger partial charge in [-0.05, 0) is 31.9 Å². The van der Waals surface area contributed by atoms with E-state index in [2.05, 4.69) is 6.92 Å². The second-order valence-electron chi connectivity index (χ2n) is 3.97. The highest BCUT2D eigenvalue weighted by atomic mass is 35.5. The lowest BCUT2D eigenvalue weighted by atomic mass is 10.1. The monoisotopic (exact) mass is 239 g/mol. The number of carbonyl (C=O) groups is 1. The number of aryl methyl sites for hydroxylation is 1. The highest BCUT2D eigenvalue weighted by Gasteiger charge is 2.19. The van der Waals surface area contributed by atoms with Crippen LogP contribution >= 0.6 is 11.6 Å². The summed E-state index contributed by atoms with van der Waals surface area (Å²) in [6.45, 7) is 6.08. The van der Waals surface area contributed by atoms with Crippen LogP contribution in [0.25, 0.3) is 0 Å². The van der Waals surface area contributed by atoms with Gasteiger partial charge < -0.3 is 4.90 Å². The molecular weight excluding hydrogens is 222 g/mol. The number of anilines is 1. The Kier molecular flexibility index (Phi) is 4.81. The Morgan fingerprint density at radius 1 is 1.38 bits per heavy atom. The molecule has 0 aliphatic rings. The third-order valence-electron chi connectivity index (χ3n) is 2.53. The number of carbonyl (C=O) groups excluding carboxylic acids is 1. The van der Waals surface area contributed by atoms with Crippen LogP contribution in [0.5, 0.6) is 0 Å². The van der Waals surface area contributed by atoms with Crippen LogP contribution in [0.4, 0.5) is 5.69 Å². The molecule has 0 saturated carbocycles. The maximum atomic E-state index is 11.8. The van der Waals surface area contributed by atoms with E-state index < -0.39 is 0 Å². The van der Waals surface area contributed by atoms with E-state index in [4.69, 9.17) is 11.6 Å².